The molecular formula is C19H24ClN3O2. The number of aromatic nitrogens is 2. The highest BCUT2D eigenvalue weighted by Gasteiger charge is 2.35. The predicted molar refractivity (Wildman–Crippen MR) is 97.5 cm³/mol. The van der Waals surface area contributed by atoms with Crippen molar-refractivity contribution in [1.29, 1.82) is 0 Å². The fraction of sp³-hybridized carbons (Fsp3) is 0.526. The highest BCUT2D eigenvalue weighted by molar-refractivity contribution is 6.19. The monoisotopic (exact) mass is 361 g/mol. The summed E-state index contributed by atoms with van der Waals surface area (Å²) in [4.78, 5) is 19.1. The molecule has 2 aromatic rings. The van der Waals surface area contributed by atoms with Crippen LogP contribution < -0.4 is 0 Å². The molecule has 0 bridgehead atoms. The van der Waals surface area contributed by atoms with Gasteiger partial charge >= 0.3 is 0 Å². The third-order valence-electron chi connectivity index (χ3n) is 4.72. The van der Waals surface area contributed by atoms with E-state index in [1.807, 2.05) is 49.9 Å². The smallest absolute Gasteiger partial charge is 0.231 e. The van der Waals surface area contributed by atoms with Crippen molar-refractivity contribution in [1.82, 2.24) is 15.0 Å². The average molecular weight is 362 g/mol. The van der Waals surface area contributed by atoms with Gasteiger partial charge in [0, 0.05) is 24.5 Å². The molecule has 1 aliphatic rings. The SMILES string of the molecule is Cc1ccc(-c2noc([C@H]3CCCN(C(=O)C(C)(C)CCl)C3)n2)cc1. The van der Waals surface area contributed by atoms with Crippen LogP contribution >= 0.6 is 11.6 Å². The maximum Gasteiger partial charge on any atom is 0.231 e. The molecule has 1 aromatic heterocycles. The van der Waals surface area contributed by atoms with E-state index in [4.69, 9.17) is 16.1 Å². The van der Waals surface area contributed by atoms with Crippen LogP contribution in [0.1, 0.15) is 44.1 Å². The third kappa shape index (κ3) is 3.87. The molecule has 1 atom stereocenters. The number of alkyl halides is 1. The summed E-state index contributed by atoms with van der Waals surface area (Å²) in [6.45, 7) is 7.17. The Morgan fingerprint density at radius 1 is 1.36 bits per heavy atom. The summed E-state index contributed by atoms with van der Waals surface area (Å²) in [6.07, 6.45) is 1.87. The minimum Gasteiger partial charge on any atom is -0.341 e. The number of rotatable bonds is 4. The second-order valence-corrected chi connectivity index (χ2v) is 7.70. The van der Waals surface area contributed by atoms with E-state index in [0.29, 0.717) is 24.1 Å². The van der Waals surface area contributed by atoms with E-state index in [-0.39, 0.29) is 11.8 Å². The Morgan fingerprint density at radius 2 is 2.08 bits per heavy atom. The highest BCUT2D eigenvalue weighted by Crippen LogP contribution is 2.30. The van der Waals surface area contributed by atoms with Gasteiger partial charge in [-0.1, -0.05) is 35.0 Å². The number of benzene rings is 1. The number of hydrogen-bond donors (Lipinski definition) is 0. The number of carbonyl (C=O) groups is 1. The van der Waals surface area contributed by atoms with Gasteiger partial charge in [-0.3, -0.25) is 4.79 Å². The minimum absolute atomic E-state index is 0.0792. The van der Waals surface area contributed by atoms with Gasteiger partial charge in [-0.2, -0.15) is 4.98 Å². The predicted octanol–water partition coefficient (Wildman–Crippen LogP) is 4.02. The van der Waals surface area contributed by atoms with Crippen LogP contribution in [0.25, 0.3) is 11.4 Å². The van der Waals surface area contributed by atoms with Crippen LogP contribution in [0.2, 0.25) is 0 Å². The molecule has 0 radical (unpaired) electrons. The normalized spacial score (nSPS) is 18.4. The molecule has 0 saturated carbocycles. The van der Waals surface area contributed by atoms with Gasteiger partial charge in [0.25, 0.3) is 0 Å². The van der Waals surface area contributed by atoms with Gasteiger partial charge in [-0.05, 0) is 33.6 Å². The quantitative estimate of drug-likeness (QED) is 0.772. The van der Waals surface area contributed by atoms with Gasteiger partial charge in [-0.25, -0.2) is 0 Å². The van der Waals surface area contributed by atoms with E-state index in [0.717, 1.165) is 24.9 Å². The number of carbonyl (C=O) groups excluding carboxylic acids is 1. The van der Waals surface area contributed by atoms with Crippen LogP contribution in [0.3, 0.4) is 0 Å². The fourth-order valence-corrected chi connectivity index (χ4v) is 3.18. The lowest BCUT2D eigenvalue weighted by molar-refractivity contribution is -0.140. The molecule has 134 valence electrons. The summed E-state index contributed by atoms with van der Waals surface area (Å²) in [5.41, 5.74) is 1.58. The molecule has 1 aromatic carbocycles. The van der Waals surface area contributed by atoms with Crippen LogP contribution in [-0.4, -0.2) is 39.9 Å². The van der Waals surface area contributed by atoms with Gasteiger partial charge in [-0.15, -0.1) is 11.6 Å². The molecule has 1 amide bonds. The number of amides is 1. The van der Waals surface area contributed by atoms with E-state index >= 15 is 0 Å². The summed E-state index contributed by atoms with van der Waals surface area (Å²) in [5.74, 6) is 1.68. The van der Waals surface area contributed by atoms with Crippen LogP contribution in [-0.2, 0) is 4.79 Å². The summed E-state index contributed by atoms with van der Waals surface area (Å²) in [5, 5.41) is 4.12. The molecule has 0 N–H and O–H groups in total. The first-order valence-corrected chi connectivity index (χ1v) is 9.20. The molecule has 1 aliphatic heterocycles. The Kier molecular flexibility index (Phi) is 5.13. The summed E-state index contributed by atoms with van der Waals surface area (Å²) in [6, 6.07) is 8.04. The first-order valence-electron chi connectivity index (χ1n) is 8.67. The fourth-order valence-electron chi connectivity index (χ4n) is 3.07. The Morgan fingerprint density at radius 3 is 2.76 bits per heavy atom. The number of piperidine rings is 1. The minimum atomic E-state index is -0.550. The molecule has 6 heteroatoms. The lowest BCUT2D eigenvalue weighted by Gasteiger charge is -2.35. The molecule has 0 spiro atoms. The topological polar surface area (TPSA) is 59.2 Å². The van der Waals surface area contributed by atoms with E-state index in [1.54, 1.807) is 0 Å². The van der Waals surface area contributed by atoms with Crippen molar-refractivity contribution < 1.29 is 9.32 Å². The second-order valence-electron chi connectivity index (χ2n) is 7.43. The molecule has 1 fully saturated rings. The lowest BCUT2D eigenvalue weighted by atomic mass is 9.91. The van der Waals surface area contributed by atoms with Crippen molar-refractivity contribution in [2.24, 2.45) is 5.41 Å². The lowest BCUT2D eigenvalue weighted by Crippen LogP contribution is -2.46. The molecular weight excluding hydrogens is 338 g/mol. The standard InChI is InChI=1S/C19H24ClN3O2/c1-13-6-8-14(9-7-13)16-21-17(25-22-16)15-5-4-10-23(11-15)18(24)19(2,3)12-20/h6-9,15H,4-5,10-12H2,1-3H3/t15-/m0/s1. The largest absolute Gasteiger partial charge is 0.341 e. The number of aryl methyl sites for hydroxylation is 1. The maximum absolute atomic E-state index is 12.7. The van der Waals surface area contributed by atoms with Crippen molar-refractivity contribution in [3.63, 3.8) is 0 Å². The zero-order valence-corrected chi connectivity index (χ0v) is 15.7. The van der Waals surface area contributed by atoms with E-state index in [2.05, 4.69) is 10.1 Å². The summed E-state index contributed by atoms with van der Waals surface area (Å²) < 4.78 is 5.50. The Labute approximate surface area is 153 Å². The van der Waals surface area contributed by atoms with Gasteiger partial charge in [0.1, 0.15) is 0 Å². The Hall–Kier alpha value is -1.88. The van der Waals surface area contributed by atoms with Gasteiger partial charge in [0.15, 0.2) is 0 Å². The molecule has 25 heavy (non-hydrogen) atoms. The van der Waals surface area contributed by atoms with Crippen LogP contribution in [0.5, 0.6) is 0 Å². The van der Waals surface area contributed by atoms with E-state index < -0.39 is 5.41 Å². The first-order chi connectivity index (χ1) is 11.9. The number of likely N-dealkylation sites (tertiary alicyclic amines) is 1. The third-order valence-corrected chi connectivity index (χ3v) is 5.39. The molecule has 0 aliphatic carbocycles. The second kappa shape index (κ2) is 7.16. The average Bonchev–Trinajstić information content (AvgIpc) is 3.12. The Balaban J connectivity index is 1.74. The summed E-state index contributed by atoms with van der Waals surface area (Å²) >= 11 is 5.95. The van der Waals surface area contributed by atoms with E-state index in [9.17, 15) is 4.79 Å². The van der Waals surface area contributed by atoms with Crippen molar-refractivity contribution in [3.05, 3.63) is 35.7 Å². The van der Waals surface area contributed by atoms with E-state index in [1.165, 1.54) is 5.56 Å². The van der Waals surface area contributed by atoms with Crippen LogP contribution in [0, 0.1) is 12.3 Å². The maximum atomic E-state index is 12.7. The van der Waals surface area contributed by atoms with Gasteiger partial charge in [0.2, 0.25) is 17.6 Å². The zero-order chi connectivity index (χ0) is 18.0. The molecule has 1 saturated heterocycles. The van der Waals surface area contributed by atoms with Crippen molar-refractivity contribution in [3.8, 4) is 11.4 Å². The number of halogens is 1. The van der Waals surface area contributed by atoms with Crippen LogP contribution in [0.4, 0.5) is 0 Å². The van der Waals surface area contributed by atoms with Gasteiger partial charge < -0.3 is 9.42 Å². The first kappa shape index (κ1) is 17.9. The molecule has 3 rings (SSSR count). The van der Waals surface area contributed by atoms with Crippen LogP contribution in [0.15, 0.2) is 28.8 Å². The Bertz CT molecular complexity index is 739. The molecule has 2 heterocycles. The number of hydrogen-bond acceptors (Lipinski definition) is 4. The highest BCUT2D eigenvalue weighted by atomic mass is 35.5. The zero-order valence-electron chi connectivity index (χ0n) is 15.0. The molecule has 5 nitrogen and oxygen atoms in total. The molecule has 0 unspecified atom stereocenters. The number of nitrogens with zero attached hydrogens (tertiary/aromatic N) is 3. The van der Waals surface area contributed by atoms with Crippen molar-refractivity contribution in [2.45, 2.75) is 39.5 Å². The van der Waals surface area contributed by atoms with Crippen molar-refractivity contribution >= 4 is 17.5 Å². The van der Waals surface area contributed by atoms with Crippen molar-refractivity contribution in [2.75, 3.05) is 19.0 Å². The van der Waals surface area contributed by atoms with Gasteiger partial charge in [0.05, 0.1) is 11.3 Å². The summed E-state index contributed by atoms with van der Waals surface area (Å²) in [7, 11) is 0.